The Morgan fingerprint density at radius 1 is 1.10 bits per heavy atom. The SMILES string of the molecule is CN=C(NCc1ccccc1N1CCOCC1)NCC1(c2cccc(F)c2)CC1. The van der Waals surface area contributed by atoms with Gasteiger partial charge in [-0.3, -0.25) is 4.99 Å². The van der Waals surface area contributed by atoms with Crippen LogP contribution in [0.4, 0.5) is 10.1 Å². The Labute approximate surface area is 172 Å². The summed E-state index contributed by atoms with van der Waals surface area (Å²) in [5, 5.41) is 6.88. The van der Waals surface area contributed by atoms with Gasteiger partial charge in [-0.2, -0.15) is 0 Å². The van der Waals surface area contributed by atoms with E-state index in [4.69, 9.17) is 4.74 Å². The molecule has 0 bridgehead atoms. The molecule has 4 rings (SSSR count). The minimum Gasteiger partial charge on any atom is -0.378 e. The Balaban J connectivity index is 1.36. The van der Waals surface area contributed by atoms with Crippen molar-refractivity contribution in [2.24, 2.45) is 4.99 Å². The molecule has 0 amide bonds. The Kier molecular flexibility index (Phi) is 6.00. The Morgan fingerprint density at radius 2 is 1.90 bits per heavy atom. The molecule has 0 atom stereocenters. The molecule has 0 spiro atoms. The quantitative estimate of drug-likeness (QED) is 0.582. The predicted octanol–water partition coefficient (Wildman–Crippen LogP) is 3.06. The number of nitrogens with zero attached hydrogens (tertiary/aromatic N) is 2. The van der Waals surface area contributed by atoms with Crippen LogP contribution in [-0.2, 0) is 16.7 Å². The number of hydrogen-bond acceptors (Lipinski definition) is 3. The third-order valence-corrected chi connectivity index (χ3v) is 5.90. The number of aliphatic imine (C=N–C) groups is 1. The van der Waals surface area contributed by atoms with Crippen LogP contribution >= 0.6 is 0 Å². The highest BCUT2D eigenvalue weighted by molar-refractivity contribution is 5.80. The standard InChI is InChI=1S/C23H29FN4O/c1-25-22(27-17-23(9-10-23)19-6-4-7-20(24)15-19)26-16-18-5-2-3-8-21(18)28-11-13-29-14-12-28/h2-8,15H,9-14,16-17H2,1H3,(H2,25,26,27). The lowest BCUT2D eigenvalue weighted by atomic mass is 9.96. The van der Waals surface area contributed by atoms with Gasteiger partial charge in [0.15, 0.2) is 5.96 Å². The van der Waals surface area contributed by atoms with E-state index in [2.05, 4.69) is 44.8 Å². The molecule has 154 valence electrons. The summed E-state index contributed by atoms with van der Waals surface area (Å²) in [6.07, 6.45) is 2.14. The van der Waals surface area contributed by atoms with E-state index in [1.807, 2.05) is 6.07 Å². The summed E-state index contributed by atoms with van der Waals surface area (Å²) in [7, 11) is 1.78. The first-order valence-electron chi connectivity index (χ1n) is 10.3. The third-order valence-electron chi connectivity index (χ3n) is 5.90. The first-order valence-corrected chi connectivity index (χ1v) is 10.3. The molecule has 0 unspecified atom stereocenters. The number of halogens is 1. The Morgan fingerprint density at radius 3 is 2.62 bits per heavy atom. The van der Waals surface area contributed by atoms with Gasteiger partial charge in [-0.1, -0.05) is 30.3 Å². The van der Waals surface area contributed by atoms with Crippen LogP contribution in [0.25, 0.3) is 0 Å². The molecule has 2 aliphatic rings. The van der Waals surface area contributed by atoms with Crippen LogP contribution in [-0.4, -0.2) is 45.9 Å². The number of para-hydroxylation sites is 1. The fourth-order valence-corrected chi connectivity index (χ4v) is 3.96. The van der Waals surface area contributed by atoms with E-state index >= 15 is 0 Å². The van der Waals surface area contributed by atoms with E-state index < -0.39 is 0 Å². The molecule has 2 aromatic rings. The van der Waals surface area contributed by atoms with Crippen LogP contribution in [0.5, 0.6) is 0 Å². The van der Waals surface area contributed by atoms with Crippen LogP contribution < -0.4 is 15.5 Å². The smallest absolute Gasteiger partial charge is 0.191 e. The molecule has 2 N–H and O–H groups in total. The monoisotopic (exact) mass is 396 g/mol. The van der Waals surface area contributed by atoms with Gasteiger partial charge in [0, 0.05) is 44.3 Å². The van der Waals surface area contributed by atoms with Gasteiger partial charge in [0.05, 0.1) is 13.2 Å². The fraction of sp³-hybridized carbons (Fsp3) is 0.435. The Bertz CT molecular complexity index is 859. The number of ether oxygens (including phenoxy) is 1. The van der Waals surface area contributed by atoms with Crippen LogP contribution in [0, 0.1) is 5.82 Å². The number of hydrogen-bond donors (Lipinski definition) is 2. The zero-order valence-electron chi connectivity index (χ0n) is 17.0. The number of benzene rings is 2. The van der Waals surface area contributed by atoms with Crippen molar-refractivity contribution in [1.29, 1.82) is 0 Å². The third kappa shape index (κ3) is 4.70. The highest BCUT2D eigenvalue weighted by Gasteiger charge is 2.44. The van der Waals surface area contributed by atoms with Crippen molar-refractivity contribution < 1.29 is 9.13 Å². The van der Waals surface area contributed by atoms with E-state index in [1.165, 1.54) is 17.3 Å². The molecule has 5 nitrogen and oxygen atoms in total. The van der Waals surface area contributed by atoms with E-state index in [0.29, 0.717) is 6.54 Å². The van der Waals surface area contributed by atoms with Crippen molar-refractivity contribution in [3.63, 3.8) is 0 Å². The van der Waals surface area contributed by atoms with Gasteiger partial charge in [-0.15, -0.1) is 0 Å². The van der Waals surface area contributed by atoms with Crippen molar-refractivity contribution in [2.45, 2.75) is 24.8 Å². The highest BCUT2D eigenvalue weighted by atomic mass is 19.1. The zero-order chi connectivity index (χ0) is 20.1. The molecule has 1 heterocycles. The fourth-order valence-electron chi connectivity index (χ4n) is 3.96. The molecule has 1 aliphatic heterocycles. The molecular weight excluding hydrogens is 367 g/mol. The lowest BCUT2D eigenvalue weighted by Gasteiger charge is -2.30. The normalized spacial score (nSPS) is 18.4. The Hall–Kier alpha value is -2.60. The van der Waals surface area contributed by atoms with Crippen LogP contribution in [0.15, 0.2) is 53.5 Å². The van der Waals surface area contributed by atoms with Crippen molar-refractivity contribution in [3.05, 3.63) is 65.5 Å². The molecule has 1 saturated carbocycles. The first kappa shape index (κ1) is 19.7. The second kappa shape index (κ2) is 8.82. The second-order valence-corrected chi connectivity index (χ2v) is 7.80. The number of anilines is 1. The van der Waals surface area contributed by atoms with Crippen molar-refractivity contribution in [2.75, 3.05) is 44.8 Å². The van der Waals surface area contributed by atoms with E-state index in [0.717, 1.165) is 57.2 Å². The topological polar surface area (TPSA) is 48.9 Å². The number of nitrogens with one attached hydrogen (secondary N) is 2. The zero-order valence-corrected chi connectivity index (χ0v) is 17.0. The number of morpholine rings is 1. The summed E-state index contributed by atoms with van der Waals surface area (Å²) < 4.78 is 19.1. The maximum Gasteiger partial charge on any atom is 0.191 e. The summed E-state index contributed by atoms with van der Waals surface area (Å²) >= 11 is 0. The summed E-state index contributed by atoms with van der Waals surface area (Å²) in [6, 6.07) is 15.4. The molecule has 1 aliphatic carbocycles. The summed E-state index contributed by atoms with van der Waals surface area (Å²) in [5.41, 5.74) is 3.57. The molecule has 0 aromatic heterocycles. The summed E-state index contributed by atoms with van der Waals surface area (Å²) in [5.74, 6) is 0.598. The molecule has 6 heteroatoms. The summed E-state index contributed by atoms with van der Waals surface area (Å²) in [4.78, 5) is 6.75. The molecule has 2 fully saturated rings. The predicted molar refractivity (Wildman–Crippen MR) is 115 cm³/mol. The minimum absolute atomic E-state index is 0.0193. The number of guanidine groups is 1. The summed E-state index contributed by atoms with van der Waals surface area (Å²) in [6.45, 7) is 4.82. The maximum absolute atomic E-state index is 13.6. The van der Waals surface area contributed by atoms with Gasteiger partial charge >= 0.3 is 0 Å². The van der Waals surface area contributed by atoms with Crippen molar-refractivity contribution in [1.82, 2.24) is 10.6 Å². The molecule has 1 saturated heterocycles. The van der Waals surface area contributed by atoms with Crippen molar-refractivity contribution in [3.8, 4) is 0 Å². The molecule has 29 heavy (non-hydrogen) atoms. The maximum atomic E-state index is 13.6. The van der Waals surface area contributed by atoms with E-state index in [-0.39, 0.29) is 11.2 Å². The minimum atomic E-state index is -0.170. The van der Waals surface area contributed by atoms with Gasteiger partial charge in [0.25, 0.3) is 0 Å². The number of rotatable bonds is 6. The van der Waals surface area contributed by atoms with Gasteiger partial charge in [-0.25, -0.2) is 4.39 Å². The second-order valence-electron chi connectivity index (χ2n) is 7.80. The highest BCUT2D eigenvalue weighted by Crippen LogP contribution is 2.47. The lowest BCUT2D eigenvalue weighted by molar-refractivity contribution is 0.122. The molecule has 2 aromatic carbocycles. The van der Waals surface area contributed by atoms with Crippen LogP contribution in [0.3, 0.4) is 0 Å². The van der Waals surface area contributed by atoms with Gasteiger partial charge in [0.1, 0.15) is 5.82 Å². The molecular formula is C23H29FN4O. The lowest BCUT2D eigenvalue weighted by Crippen LogP contribution is -2.41. The van der Waals surface area contributed by atoms with E-state index in [9.17, 15) is 4.39 Å². The van der Waals surface area contributed by atoms with Crippen LogP contribution in [0.2, 0.25) is 0 Å². The largest absolute Gasteiger partial charge is 0.378 e. The van der Waals surface area contributed by atoms with Crippen molar-refractivity contribution >= 4 is 11.6 Å². The average molecular weight is 397 g/mol. The van der Waals surface area contributed by atoms with E-state index in [1.54, 1.807) is 19.2 Å². The van der Waals surface area contributed by atoms with Gasteiger partial charge < -0.3 is 20.3 Å². The first-order chi connectivity index (χ1) is 14.2. The average Bonchev–Trinajstić information content (AvgIpc) is 3.56. The van der Waals surface area contributed by atoms with Crippen LogP contribution in [0.1, 0.15) is 24.0 Å². The van der Waals surface area contributed by atoms with Gasteiger partial charge in [-0.05, 0) is 42.2 Å². The molecule has 0 radical (unpaired) electrons. The van der Waals surface area contributed by atoms with Gasteiger partial charge in [0.2, 0.25) is 0 Å².